The standard InChI is InChI=1S/C22H28ClN3O4S/c1-5-24-22(28)17(3)25(14-18-10-7-6-9-16(18)2)21(27)15-26(31(4,29)30)20-12-8-11-19(23)13-20/h6-13,17H,5,14-15H2,1-4H3,(H,24,28)/t17-/m1/s1. The Bertz CT molecular complexity index is 1040. The van der Waals surface area contributed by atoms with Gasteiger partial charge in [0.2, 0.25) is 21.8 Å². The average molecular weight is 466 g/mol. The first-order valence-electron chi connectivity index (χ1n) is 9.89. The Hall–Kier alpha value is -2.58. The van der Waals surface area contributed by atoms with Crippen molar-refractivity contribution in [3.05, 3.63) is 64.7 Å². The van der Waals surface area contributed by atoms with Crippen molar-refractivity contribution in [1.29, 1.82) is 0 Å². The number of likely N-dealkylation sites (N-methyl/N-ethyl adjacent to an activating group) is 1. The highest BCUT2D eigenvalue weighted by molar-refractivity contribution is 7.92. The third-order valence-corrected chi connectivity index (χ3v) is 6.27. The van der Waals surface area contributed by atoms with Gasteiger partial charge >= 0.3 is 0 Å². The first-order valence-corrected chi connectivity index (χ1v) is 12.1. The monoisotopic (exact) mass is 465 g/mol. The molecule has 0 saturated carbocycles. The van der Waals surface area contributed by atoms with Gasteiger partial charge in [0.15, 0.2) is 0 Å². The average Bonchev–Trinajstić information content (AvgIpc) is 2.70. The lowest BCUT2D eigenvalue weighted by molar-refractivity contribution is -0.139. The molecule has 0 saturated heterocycles. The van der Waals surface area contributed by atoms with Crippen molar-refractivity contribution in [2.24, 2.45) is 0 Å². The zero-order valence-electron chi connectivity index (χ0n) is 18.1. The topological polar surface area (TPSA) is 86.8 Å². The van der Waals surface area contributed by atoms with Crippen LogP contribution in [0.4, 0.5) is 5.69 Å². The molecule has 0 aromatic heterocycles. The SMILES string of the molecule is CCNC(=O)[C@@H](C)N(Cc1ccccc1C)C(=O)CN(c1cccc(Cl)c1)S(C)(=O)=O. The first-order chi connectivity index (χ1) is 14.5. The third kappa shape index (κ3) is 6.70. The van der Waals surface area contributed by atoms with Crippen molar-refractivity contribution in [2.45, 2.75) is 33.4 Å². The second-order valence-corrected chi connectivity index (χ2v) is 9.61. The molecule has 0 radical (unpaired) electrons. The van der Waals surface area contributed by atoms with Gasteiger partial charge in [-0.05, 0) is 50.1 Å². The lowest BCUT2D eigenvalue weighted by atomic mass is 10.1. The summed E-state index contributed by atoms with van der Waals surface area (Å²) >= 11 is 6.02. The van der Waals surface area contributed by atoms with E-state index < -0.39 is 28.5 Å². The number of aryl methyl sites for hydroxylation is 1. The van der Waals surface area contributed by atoms with E-state index in [9.17, 15) is 18.0 Å². The smallest absolute Gasteiger partial charge is 0.244 e. The Kier molecular flexibility index (Phi) is 8.47. The van der Waals surface area contributed by atoms with Crippen molar-refractivity contribution in [3.63, 3.8) is 0 Å². The van der Waals surface area contributed by atoms with Gasteiger partial charge in [-0.1, -0.05) is 41.9 Å². The van der Waals surface area contributed by atoms with Crippen molar-refractivity contribution in [3.8, 4) is 0 Å². The van der Waals surface area contributed by atoms with Gasteiger partial charge in [0.1, 0.15) is 12.6 Å². The molecule has 1 atom stereocenters. The summed E-state index contributed by atoms with van der Waals surface area (Å²) in [6.07, 6.45) is 1.03. The van der Waals surface area contributed by atoms with Gasteiger partial charge in [-0.3, -0.25) is 13.9 Å². The van der Waals surface area contributed by atoms with Crippen LogP contribution in [0.15, 0.2) is 48.5 Å². The number of carbonyl (C=O) groups excluding carboxylic acids is 2. The molecule has 1 N–H and O–H groups in total. The maximum absolute atomic E-state index is 13.3. The van der Waals surface area contributed by atoms with Crippen LogP contribution in [-0.2, 0) is 26.2 Å². The maximum atomic E-state index is 13.3. The second-order valence-electron chi connectivity index (χ2n) is 7.27. The Balaban J connectivity index is 2.40. The lowest BCUT2D eigenvalue weighted by Crippen LogP contribution is -2.51. The predicted molar refractivity (Wildman–Crippen MR) is 124 cm³/mol. The molecule has 0 bridgehead atoms. The molecular formula is C22H28ClN3O4S. The number of hydrogen-bond acceptors (Lipinski definition) is 4. The minimum absolute atomic E-state index is 0.178. The van der Waals surface area contributed by atoms with Gasteiger partial charge in [0.05, 0.1) is 11.9 Å². The minimum atomic E-state index is -3.77. The van der Waals surface area contributed by atoms with Crippen LogP contribution >= 0.6 is 11.6 Å². The molecule has 0 heterocycles. The Morgan fingerprint density at radius 1 is 1.13 bits per heavy atom. The van der Waals surface area contributed by atoms with Crippen LogP contribution in [-0.4, -0.2) is 50.5 Å². The molecule has 0 spiro atoms. The van der Waals surface area contributed by atoms with Crippen LogP contribution < -0.4 is 9.62 Å². The van der Waals surface area contributed by atoms with E-state index in [0.29, 0.717) is 11.6 Å². The molecule has 7 nitrogen and oxygen atoms in total. The molecule has 2 aromatic rings. The van der Waals surface area contributed by atoms with Crippen LogP contribution in [0, 0.1) is 6.92 Å². The maximum Gasteiger partial charge on any atom is 0.244 e. The zero-order chi connectivity index (χ0) is 23.2. The summed E-state index contributed by atoms with van der Waals surface area (Å²) in [5, 5.41) is 3.07. The first kappa shape index (κ1) is 24.7. The number of hydrogen-bond donors (Lipinski definition) is 1. The van der Waals surface area contributed by atoms with Crippen LogP contribution in [0.2, 0.25) is 5.02 Å². The summed E-state index contributed by atoms with van der Waals surface area (Å²) < 4.78 is 25.9. The van der Waals surface area contributed by atoms with E-state index in [0.717, 1.165) is 21.7 Å². The van der Waals surface area contributed by atoms with Crippen molar-refractivity contribution in [1.82, 2.24) is 10.2 Å². The summed E-state index contributed by atoms with van der Waals surface area (Å²) in [5.74, 6) is -0.800. The number of anilines is 1. The number of amides is 2. The molecule has 0 fully saturated rings. The fourth-order valence-corrected chi connectivity index (χ4v) is 4.15. The molecule has 0 aliphatic rings. The zero-order valence-corrected chi connectivity index (χ0v) is 19.7. The molecule has 31 heavy (non-hydrogen) atoms. The fraction of sp³-hybridized carbons (Fsp3) is 0.364. The van der Waals surface area contributed by atoms with E-state index in [2.05, 4.69) is 5.32 Å². The van der Waals surface area contributed by atoms with Crippen molar-refractivity contribution in [2.75, 3.05) is 23.7 Å². The van der Waals surface area contributed by atoms with E-state index in [-0.39, 0.29) is 18.1 Å². The second kappa shape index (κ2) is 10.6. The van der Waals surface area contributed by atoms with E-state index in [4.69, 9.17) is 11.6 Å². The number of benzene rings is 2. The number of rotatable bonds is 9. The summed E-state index contributed by atoms with van der Waals surface area (Å²) in [7, 11) is -3.77. The molecule has 0 unspecified atom stereocenters. The van der Waals surface area contributed by atoms with Crippen molar-refractivity contribution >= 4 is 39.1 Å². The number of carbonyl (C=O) groups is 2. The van der Waals surface area contributed by atoms with E-state index in [1.807, 2.05) is 31.2 Å². The van der Waals surface area contributed by atoms with E-state index in [1.165, 1.54) is 11.0 Å². The molecule has 2 aromatic carbocycles. The lowest BCUT2D eigenvalue weighted by Gasteiger charge is -2.31. The summed E-state index contributed by atoms with van der Waals surface area (Å²) in [4.78, 5) is 27.2. The van der Waals surface area contributed by atoms with E-state index in [1.54, 1.807) is 32.0 Å². The molecule has 9 heteroatoms. The van der Waals surface area contributed by atoms with Crippen LogP contribution in [0.5, 0.6) is 0 Å². The largest absolute Gasteiger partial charge is 0.355 e. The van der Waals surface area contributed by atoms with Gasteiger partial charge < -0.3 is 10.2 Å². The Labute approximate surface area is 189 Å². The molecule has 0 aliphatic carbocycles. The van der Waals surface area contributed by atoms with Gasteiger partial charge in [0.25, 0.3) is 0 Å². The highest BCUT2D eigenvalue weighted by atomic mass is 35.5. The van der Waals surface area contributed by atoms with Crippen LogP contribution in [0.25, 0.3) is 0 Å². The van der Waals surface area contributed by atoms with Crippen molar-refractivity contribution < 1.29 is 18.0 Å². The quantitative estimate of drug-likeness (QED) is 0.616. The Morgan fingerprint density at radius 2 is 1.81 bits per heavy atom. The number of sulfonamides is 1. The number of nitrogens with zero attached hydrogens (tertiary/aromatic N) is 2. The number of halogens is 1. The molecule has 168 valence electrons. The summed E-state index contributed by atoms with van der Waals surface area (Å²) in [5.41, 5.74) is 2.13. The molecule has 2 rings (SSSR count). The molecular weight excluding hydrogens is 438 g/mol. The van der Waals surface area contributed by atoms with Crippen LogP contribution in [0.1, 0.15) is 25.0 Å². The van der Waals surface area contributed by atoms with Gasteiger partial charge in [-0.25, -0.2) is 8.42 Å². The highest BCUT2D eigenvalue weighted by Crippen LogP contribution is 2.22. The third-order valence-electron chi connectivity index (χ3n) is 4.90. The highest BCUT2D eigenvalue weighted by Gasteiger charge is 2.30. The minimum Gasteiger partial charge on any atom is -0.355 e. The number of nitrogens with one attached hydrogen (secondary N) is 1. The summed E-state index contributed by atoms with van der Waals surface area (Å²) in [6, 6.07) is 13.0. The van der Waals surface area contributed by atoms with Gasteiger partial charge in [-0.15, -0.1) is 0 Å². The van der Waals surface area contributed by atoms with Gasteiger partial charge in [0, 0.05) is 18.1 Å². The van der Waals surface area contributed by atoms with Gasteiger partial charge in [-0.2, -0.15) is 0 Å². The Morgan fingerprint density at radius 3 is 2.39 bits per heavy atom. The summed E-state index contributed by atoms with van der Waals surface area (Å²) in [6.45, 7) is 5.50. The molecule has 2 amide bonds. The predicted octanol–water partition coefficient (Wildman–Crippen LogP) is 2.97. The molecule has 0 aliphatic heterocycles. The normalized spacial score (nSPS) is 12.2. The van der Waals surface area contributed by atoms with E-state index >= 15 is 0 Å². The van der Waals surface area contributed by atoms with Crippen LogP contribution in [0.3, 0.4) is 0 Å². The fourth-order valence-electron chi connectivity index (χ4n) is 3.12.